The minimum absolute atomic E-state index is 0.421. The van der Waals surface area contributed by atoms with Crippen LogP contribution in [-0.2, 0) is 4.84 Å². The molecule has 2 aromatic rings. The van der Waals surface area contributed by atoms with Gasteiger partial charge in [0.2, 0.25) is 5.95 Å². The number of methoxy groups -OCH3 is 2. The number of nitrogen functional groups attached to an aromatic ring is 1. The molecule has 0 atom stereocenters. The Morgan fingerprint density at radius 1 is 1.19 bits per heavy atom. The number of fused-ring (bicyclic) bond motifs is 1. The number of nitrogens with zero attached hydrogens (tertiary/aromatic N) is 3. The predicted octanol–water partition coefficient (Wildman–Crippen LogP) is 2.25. The molecule has 0 bridgehead atoms. The van der Waals surface area contributed by atoms with Gasteiger partial charge < -0.3 is 20.1 Å². The smallest absolute Gasteiger partial charge is 0.228 e. The van der Waals surface area contributed by atoms with Crippen molar-refractivity contribution >= 4 is 22.7 Å². The van der Waals surface area contributed by atoms with E-state index < -0.39 is 0 Å². The SMILES string of the molecule is CCCONC1=CCN(c2nc(N)c3cc(OC)c(OC)cc3n2)CC1. The summed E-state index contributed by atoms with van der Waals surface area (Å²) in [4.78, 5) is 16.6. The summed E-state index contributed by atoms with van der Waals surface area (Å²) in [5.41, 5.74) is 11.0. The van der Waals surface area contributed by atoms with E-state index in [1.165, 1.54) is 0 Å². The Morgan fingerprint density at radius 3 is 2.62 bits per heavy atom. The zero-order chi connectivity index (χ0) is 18.5. The lowest BCUT2D eigenvalue weighted by molar-refractivity contribution is 0.0604. The Bertz CT molecular complexity index is 809. The first-order valence-electron chi connectivity index (χ1n) is 8.67. The van der Waals surface area contributed by atoms with Crippen LogP contribution in [0.5, 0.6) is 11.5 Å². The first-order chi connectivity index (χ1) is 12.7. The Morgan fingerprint density at radius 2 is 1.96 bits per heavy atom. The van der Waals surface area contributed by atoms with Crippen LogP contribution in [0.1, 0.15) is 19.8 Å². The molecule has 0 spiro atoms. The molecular formula is C18H25N5O3. The molecule has 8 heteroatoms. The first-order valence-corrected chi connectivity index (χ1v) is 8.67. The summed E-state index contributed by atoms with van der Waals surface area (Å²) in [5, 5.41) is 0.745. The Hall–Kier alpha value is -2.74. The van der Waals surface area contributed by atoms with Gasteiger partial charge in [-0.3, -0.25) is 10.3 Å². The molecule has 8 nitrogen and oxygen atoms in total. The fraction of sp³-hybridized carbons (Fsp3) is 0.444. The number of rotatable bonds is 7. The molecule has 0 aliphatic carbocycles. The number of benzene rings is 1. The standard InChI is InChI=1S/C18H25N5O3/c1-4-9-26-22-12-5-7-23(8-6-12)18-20-14-11-16(25-3)15(24-2)10-13(14)17(19)21-18/h5,10-11,22H,4,6-9H2,1-3H3,(H2,19,20,21). The molecule has 0 amide bonds. The maximum Gasteiger partial charge on any atom is 0.228 e. The van der Waals surface area contributed by atoms with Crippen LogP contribution in [-0.4, -0.2) is 43.9 Å². The number of ether oxygens (including phenoxy) is 2. The van der Waals surface area contributed by atoms with Gasteiger partial charge in [0.1, 0.15) is 5.82 Å². The zero-order valence-electron chi connectivity index (χ0n) is 15.4. The van der Waals surface area contributed by atoms with Gasteiger partial charge in [0.15, 0.2) is 11.5 Å². The monoisotopic (exact) mass is 359 g/mol. The van der Waals surface area contributed by atoms with Gasteiger partial charge in [0, 0.05) is 36.7 Å². The maximum atomic E-state index is 6.17. The largest absolute Gasteiger partial charge is 0.493 e. The molecule has 0 fully saturated rings. The molecule has 1 aliphatic rings. The number of aromatic nitrogens is 2. The van der Waals surface area contributed by atoms with Crippen molar-refractivity contribution in [2.24, 2.45) is 0 Å². The van der Waals surface area contributed by atoms with E-state index in [-0.39, 0.29) is 0 Å². The number of anilines is 2. The van der Waals surface area contributed by atoms with Crippen LogP contribution in [0, 0.1) is 0 Å². The molecule has 2 heterocycles. The molecule has 26 heavy (non-hydrogen) atoms. The molecule has 0 saturated heterocycles. The van der Waals surface area contributed by atoms with Crippen molar-refractivity contribution in [3.05, 3.63) is 23.9 Å². The van der Waals surface area contributed by atoms with Crippen molar-refractivity contribution in [3.63, 3.8) is 0 Å². The van der Waals surface area contributed by atoms with E-state index in [2.05, 4.69) is 33.3 Å². The van der Waals surface area contributed by atoms with Crippen LogP contribution in [0.4, 0.5) is 11.8 Å². The Labute approximate surface area is 152 Å². The van der Waals surface area contributed by atoms with E-state index in [0.717, 1.165) is 36.0 Å². The van der Waals surface area contributed by atoms with Gasteiger partial charge in [-0.2, -0.15) is 4.98 Å². The van der Waals surface area contributed by atoms with Crippen LogP contribution >= 0.6 is 0 Å². The molecule has 3 rings (SSSR count). The average molecular weight is 359 g/mol. The van der Waals surface area contributed by atoms with Gasteiger partial charge >= 0.3 is 0 Å². The topological polar surface area (TPSA) is 94.8 Å². The second kappa shape index (κ2) is 8.09. The zero-order valence-corrected chi connectivity index (χ0v) is 15.4. The maximum absolute atomic E-state index is 6.17. The second-order valence-electron chi connectivity index (χ2n) is 6.01. The molecule has 1 aromatic heterocycles. The average Bonchev–Trinajstić information content (AvgIpc) is 2.67. The number of nitrogens with two attached hydrogens (primary N) is 1. The first kappa shape index (κ1) is 18.1. The predicted molar refractivity (Wildman–Crippen MR) is 101 cm³/mol. The molecular weight excluding hydrogens is 334 g/mol. The summed E-state index contributed by atoms with van der Waals surface area (Å²) in [6, 6.07) is 3.62. The van der Waals surface area contributed by atoms with E-state index in [1.54, 1.807) is 20.3 Å². The van der Waals surface area contributed by atoms with Gasteiger partial charge in [-0.25, -0.2) is 4.98 Å². The van der Waals surface area contributed by atoms with Crippen LogP contribution in [0.25, 0.3) is 10.9 Å². The van der Waals surface area contributed by atoms with Crippen molar-refractivity contribution in [1.82, 2.24) is 15.4 Å². The fourth-order valence-corrected chi connectivity index (χ4v) is 2.80. The summed E-state index contributed by atoms with van der Waals surface area (Å²) < 4.78 is 10.7. The van der Waals surface area contributed by atoms with E-state index in [1.807, 2.05) is 6.07 Å². The lowest BCUT2D eigenvalue weighted by Gasteiger charge is -2.27. The molecule has 0 saturated carbocycles. The summed E-state index contributed by atoms with van der Waals surface area (Å²) in [6.45, 7) is 4.24. The Balaban J connectivity index is 1.83. The molecule has 0 radical (unpaired) electrons. The highest BCUT2D eigenvalue weighted by Gasteiger charge is 2.18. The van der Waals surface area contributed by atoms with Gasteiger partial charge in [-0.1, -0.05) is 6.92 Å². The van der Waals surface area contributed by atoms with E-state index >= 15 is 0 Å². The van der Waals surface area contributed by atoms with Gasteiger partial charge in [0.05, 0.1) is 26.3 Å². The summed E-state index contributed by atoms with van der Waals surface area (Å²) in [6.07, 6.45) is 3.89. The summed E-state index contributed by atoms with van der Waals surface area (Å²) in [7, 11) is 3.19. The van der Waals surface area contributed by atoms with Crippen LogP contribution in [0.15, 0.2) is 23.9 Å². The van der Waals surface area contributed by atoms with Crippen LogP contribution in [0.2, 0.25) is 0 Å². The van der Waals surface area contributed by atoms with Crippen molar-refractivity contribution < 1.29 is 14.3 Å². The quantitative estimate of drug-likeness (QED) is 0.574. The second-order valence-corrected chi connectivity index (χ2v) is 6.01. The molecule has 1 aliphatic heterocycles. The highest BCUT2D eigenvalue weighted by molar-refractivity contribution is 5.91. The van der Waals surface area contributed by atoms with Crippen molar-refractivity contribution in [2.45, 2.75) is 19.8 Å². The van der Waals surface area contributed by atoms with E-state index in [0.29, 0.717) is 36.4 Å². The molecule has 140 valence electrons. The van der Waals surface area contributed by atoms with Crippen molar-refractivity contribution in [2.75, 3.05) is 44.5 Å². The number of nitrogens with one attached hydrogen (secondary N) is 1. The molecule has 0 unspecified atom stereocenters. The lowest BCUT2D eigenvalue weighted by Crippen LogP contribution is -2.33. The highest BCUT2D eigenvalue weighted by Crippen LogP contribution is 2.34. The van der Waals surface area contributed by atoms with Gasteiger partial charge in [0.25, 0.3) is 0 Å². The summed E-state index contributed by atoms with van der Waals surface area (Å²) >= 11 is 0. The third-order valence-electron chi connectivity index (χ3n) is 4.22. The van der Waals surface area contributed by atoms with Crippen molar-refractivity contribution in [1.29, 1.82) is 0 Å². The van der Waals surface area contributed by atoms with E-state index in [9.17, 15) is 0 Å². The van der Waals surface area contributed by atoms with Crippen molar-refractivity contribution in [3.8, 4) is 11.5 Å². The lowest BCUT2D eigenvalue weighted by atomic mass is 10.2. The third kappa shape index (κ3) is 3.75. The summed E-state index contributed by atoms with van der Waals surface area (Å²) in [5.74, 6) is 2.24. The van der Waals surface area contributed by atoms with Gasteiger partial charge in [-0.05, 0) is 18.6 Å². The Kier molecular flexibility index (Phi) is 5.62. The fourth-order valence-electron chi connectivity index (χ4n) is 2.80. The van der Waals surface area contributed by atoms with E-state index in [4.69, 9.17) is 20.0 Å². The van der Waals surface area contributed by atoms with Crippen LogP contribution < -0.4 is 25.6 Å². The highest BCUT2D eigenvalue weighted by atomic mass is 16.6. The van der Waals surface area contributed by atoms with Gasteiger partial charge in [-0.15, -0.1) is 0 Å². The minimum atomic E-state index is 0.421. The number of hydrogen-bond donors (Lipinski definition) is 2. The number of hydrogen-bond acceptors (Lipinski definition) is 8. The molecule has 3 N–H and O–H groups in total. The minimum Gasteiger partial charge on any atom is -0.493 e. The normalized spacial score (nSPS) is 14.3. The number of hydroxylamine groups is 1. The van der Waals surface area contributed by atoms with Crippen LogP contribution in [0.3, 0.4) is 0 Å². The third-order valence-corrected chi connectivity index (χ3v) is 4.22. The molecule has 1 aromatic carbocycles.